The zero-order valence-corrected chi connectivity index (χ0v) is 20.3. The lowest BCUT2D eigenvalue weighted by atomic mass is 10.00. The Morgan fingerprint density at radius 1 is 1.31 bits per heavy atom. The molecular weight excluding hydrogens is 481 g/mol. The summed E-state index contributed by atoms with van der Waals surface area (Å²) in [6.45, 7) is 10.9. The minimum Gasteiger partial charge on any atom is -0.381 e. The van der Waals surface area contributed by atoms with Gasteiger partial charge in [0.05, 0.1) is 26.4 Å². The van der Waals surface area contributed by atoms with Crippen molar-refractivity contribution in [1.82, 2.24) is 10.2 Å². The highest BCUT2D eigenvalue weighted by molar-refractivity contribution is 14.0. The zero-order chi connectivity index (χ0) is 19.8. The topological polar surface area (TPSA) is 55.3 Å². The summed E-state index contributed by atoms with van der Waals surface area (Å²) in [7, 11) is 1.85. The van der Waals surface area contributed by atoms with Gasteiger partial charge in [0.15, 0.2) is 5.96 Å². The van der Waals surface area contributed by atoms with Gasteiger partial charge in [0.2, 0.25) is 0 Å². The summed E-state index contributed by atoms with van der Waals surface area (Å²) in [5.41, 5.74) is 3.85. The van der Waals surface area contributed by atoms with E-state index in [1.54, 1.807) is 0 Å². The van der Waals surface area contributed by atoms with Crippen molar-refractivity contribution >= 4 is 29.9 Å². The third-order valence-corrected chi connectivity index (χ3v) is 5.48. The van der Waals surface area contributed by atoms with Gasteiger partial charge in [-0.3, -0.25) is 4.99 Å². The number of hydrogen-bond acceptors (Lipinski definition) is 4. The molecule has 0 spiro atoms. The van der Waals surface area contributed by atoms with Crippen molar-refractivity contribution < 1.29 is 14.2 Å². The number of guanidine groups is 1. The molecule has 29 heavy (non-hydrogen) atoms. The van der Waals surface area contributed by atoms with Gasteiger partial charge in [0.1, 0.15) is 6.10 Å². The molecule has 3 rings (SSSR count). The van der Waals surface area contributed by atoms with E-state index in [0.29, 0.717) is 12.5 Å². The van der Waals surface area contributed by atoms with Gasteiger partial charge in [0.25, 0.3) is 0 Å². The van der Waals surface area contributed by atoms with E-state index in [1.807, 2.05) is 7.05 Å². The lowest BCUT2D eigenvalue weighted by Crippen LogP contribution is -2.48. The average molecular weight is 517 g/mol. The number of rotatable bonds is 7. The minimum absolute atomic E-state index is 0. The van der Waals surface area contributed by atoms with Gasteiger partial charge in [-0.25, -0.2) is 0 Å². The van der Waals surface area contributed by atoms with Crippen LogP contribution in [-0.2, 0) is 14.2 Å². The van der Waals surface area contributed by atoms with E-state index in [4.69, 9.17) is 14.2 Å². The first-order chi connectivity index (χ1) is 13.7. The maximum absolute atomic E-state index is 6.06. The largest absolute Gasteiger partial charge is 0.381 e. The number of ether oxygens (including phenoxy) is 3. The van der Waals surface area contributed by atoms with Gasteiger partial charge >= 0.3 is 0 Å². The van der Waals surface area contributed by atoms with Crippen molar-refractivity contribution in [2.45, 2.75) is 32.8 Å². The molecule has 2 heterocycles. The lowest BCUT2D eigenvalue weighted by Gasteiger charge is -2.35. The highest BCUT2D eigenvalue weighted by Crippen LogP contribution is 2.25. The summed E-state index contributed by atoms with van der Waals surface area (Å²) >= 11 is 0. The second-order valence-electron chi connectivity index (χ2n) is 7.80. The van der Waals surface area contributed by atoms with Crippen molar-refractivity contribution in [3.05, 3.63) is 34.9 Å². The predicted octanol–water partition coefficient (Wildman–Crippen LogP) is 3.31. The van der Waals surface area contributed by atoms with Gasteiger partial charge in [-0.1, -0.05) is 23.8 Å². The first kappa shape index (κ1) is 24.4. The van der Waals surface area contributed by atoms with Crippen LogP contribution < -0.4 is 5.32 Å². The number of benzene rings is 1. The molecule has 2 aliphatic rings. The van der Waals surface area contributed by atoms with E-state index in [0.717, 1.165) is 64.9 Å². The molecule has 0 radical (unpaired) electrons. The molecule has 2 atom stereocenters. The monoisotopic (exact) mass is 517 g/mol. The Labute approximate surface area is 192 Å². The molecule has 0 saturated carbocycles. The van der Waals surface area contributed by atoms with Crippen LogP contribution in [0, 0.1) is 19.8 Å². The van der Waals surface area contributed by atoms with Gasteiger partial charge in [-0.2, -0.15) is 0 Å². The number of hydrogen-bond donors (Lipinski definition) is 1. The van der Waals surface area contributed by atoms with E-state index in [1.165, 1.54) is 16.7 Å². The third kappa shape index (κ3) is 7.38. The number of nitrogens with zero attached hydrogens (tertiary/aromatic N) is 2. The fourth-order valence-electron chi connectivity index (χ4n) is 3.89. The molecule has 6 nitrogen and oxygen atoms in total. The maximum atomic E-state index is 6.06. The molecule has 2 saturated heterocycles. The molecule has 2 aliphatic heterocycles. The number of aliphatic imine (C=N–C) groups is 1. The summed E-state index contributed by atoms with van der Waals surface area (Å²) in [4.78, 5) is 6.77. The van der Waals surface area contributed by atoms with Crippen LogP contribution in [0.2, 0.25) is 0 Å². The van der Waals surface area contributed by atoms with Crippen LogP contribution in [-0.4, -0.2) is 70.6 Å². The van der Waals surface area contributed by atoms with Gasteiger partial charge in [-0.15, -0.1) is 24.0 Å². The summed E-state index contributed by atoms with van der Waals surface area (Å²) in [5, 5.41) is 3.48. The molecule has 2 fully saturated rings. The molecule has 1 N–H and O–H groups in total. The van der Waals surface area contributed by atoms with E-state index >= 15 is 0 Å². The Morgan fingerprint density at radius 2 is 2.17 bits per heavy atom. The molecule has 0 aromatic heterocycles. The molecule has 7 heteroatoms. The first-order valence-corrected chi connectivity index (χ1v) is 10.5. The molecule has 1 aromatic carbocycles. The summed E-state index contributed by atoms with van der Waals surface area (Å²) in [6, 6.07) is 6.58. The lowest BCUT2D eigenvalue weighted by molar-refractivity contribution is -0.00835. The smallest absolute Gasteiger partial charge is 0.193 e. The molecule has 2 unspecified atom stereocenters. The number of morpholine rings is 1. The Kier molecular flexibility index (Phi) is 10.7. The number of nitrogens with one attached hydrogen (secondary N) is 1. The first-order valence-electron chi connectivity index (χ1n) is 10.5. The summed E-state index contributed by atoms with van der Waals surface area (Å²) < 4.78 is 17.2. The van der Waals surface area contributed by atoms with Crippen molar-refractivity contribution in [3.8, 4) is 0 Å². The standard InChI is InChI=1S/C22H35N3O3.HI/c1-17-5-6-20(18(2)13-17)21-14-25(9-12-28-21)22(23-3)24-8-4-10-26-15-19-7-11-27-16-19;/h5-6,13,19,21H,4,7-12,14-16H2,1-3H3,(H,23,24);1H. The molecule has 0 aliphatic carbocycles. The summed E-state index contributed by atoms with van der Waals surface area (Å²) in [5.74, 6) is 1.53. The number of aryl methyl sites for hydroxylation is 2. The van der Waals surface area contributed by atoms with Crippen LogP contribution in [0.25, 0.3) is 0 Å². The van der Waals surface area contributed by atoms with E-state index in [9.17, 15) is 0 Å². The Balaban J connectivity index is 0.00000300. The van der Waals surface area contributed by atoms with Crippen LogP contribution in [0.4, 0.5) is 0 Å². The molecule has 1 aromatic rings. The van der Waals surface area contributed by atoms with E-state index < -0.39 is 0 Å². The average Bonchev–Trinajstić information content (AvgIpc) is 3.21. The highest BCUT2D eigenvalue weighted by atomic mass is 127. The fraction of sp³-hybridized carbons (Fsp3) is 0.682. The van der Waals surface area contributed by atoms with Crippen LogP contribution >= 0.6 is 24.0 Å². The van der Waals surface area contributed by atoms with Crippen molar-refractivity contribution in [2.75, 3.05) is 59.7 Å². The van der Waals surface area contributed by atoms with Crippen LogP contribution in [0.1, 0.15) is 35.6 Å². The Bertz CT molecular complexity index is 650. The van der Waals surface area contributed by atoms with E-state index in [-0.39, 0.29) is 30.1 Å². The van der Waals surface area contributed by atoms with Crippen LogP contribution in [0.15, 0.2) is 23.2 Å². The van der Waals surface area contributed by atoms with Gasteiger partial charge in [-0.05, 0) is 37.8 Å². The van der Waals surface area contributed by atoms with E-state index in [2.05, 4.69) is 47.3 Å². The molecule has 164 valence electrons. The van der Waals surface area contributed by atoms with Crippen molar-refractivity contribution in [1.29, 1.82) is 0 Å². The van der Waals surface area contributed by atoms with Gasteiger partial charge < -0.3 is 24.4 Å². The molecule has 0 amide bonds. The van der Waals surface area contributed by atoms with Crippen molar-refractivity contribution in [2.24, 2.45) is 10.9 Å². The third-order valence-electron chi connectivity index (χ3n) is 5.48. The zero-order valence-electron chi connectivity index (χ0n) is 18.0. The Hall–Kier alpha value is -0.900. The fourth-order valence-corrected chi connectivity index (χ4v) is 3.89. The summed E-state index contributed by atoms with van der Waals surface area (Å²) in [6.07, 6.45) is 2.19. The normalized spacial score (nSPS) is 22.4. The second-order valence-corrected chi connectivity index (χ2v) is 7.80. The van der Waals surface area contributed by atoms with Crippen LogP contribution in [0.5, 0.6) is 0 Å². The molecular formula is C22H36IN3O3. The maximum Gasteiger partial charge on any atom is 0.193 e. The quantitative estimate of drug-likeness (QED) is 0.261. The predicted molar refractivity (Wildman–Crippen MR) is 127 cm³/mol. The Morgan fingerprint density at radius 3 is 2.90 bits per heavy atom. The van der Waals surface area contributed by atoms with Gasteiger partial charge in [0, 0.05) is 39.3 Å². The number of halogens is 1. The minimum atomic E-state index is 0. The second kappa shape index (κ2) is 12.7. The van der Waals surface area contributed by atoms with Crippen molar-refractivity contribution in [3.63, 3.8) is 0 Å². The molecule has 0 bridgehead atoms. The van der Waals surface area contributed by atoms with Crippen LogP contribution in [0.3, 0.4) is 0 Å². The highest BCUT2D eigenvalue weighted by Gasteiger charge is 2.25. The SMILES string of the molecule is CN=C(NCCCOCC1CCOC1)N1CCOC(c2ccc(C)cc2C)C1.I.